The van der Waals surface area contributed by atoms with E-state index in [-0.39, 0.29) is 29.4 Å². The normalized spacial score (nSPS) is 15.9. The fourth-order valence-corrected chi connectivity index (χ4v) is 4.71. The summed E-state index contributed by atoms with van der Waals surface area (Å²) in [5.74, 6) is 0.773. The Morgan fingerprint density at radius 3 is 2.60 bits per heavy atom. The molecule has 1 fully saturated rings. The van der Waals surface area contributed by atoms with Crippen LogP contribution in [0.5, 0.6) is 5.75 Å². The second-order valence-corrected chi connectivity index (χ2v) is 8.88. The zero-order valence-corrected chi connectivity index (χ0v) is 17.8. The summed E-state index contributed by atoms with van der Waals surface area (Å²) in [6.07, 6.45) is 2.03. The van der Waals surface area contributed by atoms with Gasteiger partial charge in [0.1, 0.15) is 0 Å². The molecule has 1 saturated heterocycles. The van der Waals surface area contributed by atoms with Crippen molar-refractivity contribution in [1.82, 2.24) is 29.4 Å². The highest BCUT2D eigenvalue weighted by atomic mass is 32.2. The van der Waals surface area contributed by atoms with Crippen molar-refractivity contribution in [3.63, 3.8) is 0 Å². The Balaban J connectivity index is 1.66. The first-order valence-corrected chi connectivity index (χ1v) is 11.1. The number of sulfonamides is 1. The van der Waals surface area contributed by atoms with Gasteiger partial charge in [-0.05, 0) is 29.0 Å². The maximum Gasteiger partial charge on any atom is 0.312 e. The largest absolute Gasteiger partial charge is 0.490 e. The summed E-state index contributed by atoms with van der Waals surface area (Å²) in [5, 5.41) is 23.0. The smallest absolute Gasteiger partial charge is 0.312 e. The molecule has 0 unspecified atom stereocenters. The van der Waals surface area contributed by atoms with Crippen LogP contribution in [-0.2, 0) is 23.1 Å². The predicted octanol–water partition coefficient (Wildman–Crippen LogP) is 0.897. The van der Waals surface area contributed by atoms with Gasteiger partial charge in [0.25, 0.3) is 0 Å². The number of ether oxygens (including phenoxy) is 1. The molecule has 1 aliphatic heterocycles. The minimum Gasteiger partial charge on any atom is -0.490 e. The van der Waals surface area contributed by atoms with Gasteiger partial charge in [0.05, 0.1) is 23.5 Å². The third-order valence-corrected chi connectivity index (χ3v) is 6.91. The number of methoxy groups -OCH3 is 1. The number of piperazine rings is 1. The highest BCUT2D eigenvalue weighted by molar-refractivity contribution is 7.89. The van der Waals surface area contributed by atoms with Crippen molar-refractivity contribution in [2.45, 2.75) is 37.8 Å². The molecule has 0 aliphatic carbocycles. The average Bonchev–Trinajstić information content (AvgIpc) is 3.18. The number of hydrogen-bond acceptors (Lipinski definition) is 9. The third-order valence-electron chi connectivity index (χ3n) is 5.01. The third kappa shape index (κ3) is 4.74. The van der Waals surface area contributed by atoms with E-state index in [0.717, 1.165) is 31.3 Å². The van der Waals surface area contributed by atoms with Gasteiger partial charge in [-0.3, -0.25) is 15.0 Å². The van der Waals surface area contributed by atoms with E-state index in [2.05, 4.69) is 27.3 Å². The second-order valence-electron chi connectivity index (χ2n) is 6.94. The lowest BCUT2D eigenvalue weighted by Gasteiger charge is -2.33. The van der Waals surface area contributed by atoms with E-state index >= 15 is 0 Å². The molecule has 164 valence electrons. The summed E-state index contributed by atoms with van der Waals surface area (Å²) in [5.41, 5.74) is -0.379. The Morgan fingerprint density at radius 1 is 1.23 bits per heavy atom. The topological polar surface area (TPSA) is 137 Å². The van der Waals surface area contributed by atoms with Crippen LogP contribution in [0.4, 0.5) is 5.69 Å². The Bertz CT molecular complexity index is 986. The summed E-state index contributed by atoms with van der Waals surface area (Å²) in [6.45, 7) is 4.97. The number of nitro benzene ring substituents is 1. The first-order chi connectivity index (χ1) is 14.4. The number of hydrogen-bond donors (Lipinski definition) is 0. The Kier molecular flexibility index (Phi) is 6.95. The Labute approximate surface area is 174 Å². The van der Waals surface area contributed by atoms with Crippen LogP contribution in [-0.4, -0.2) is 76.0 Å². The molecule has 1 aliphatic rings. The lowest BCUT2D eigenvalue weighted by atomic mass is 10.3. The van der Waals surface area contributed by atoms with E-state index in [1.54, 1.807) is 4.68 Å². The number of unbranched alkanes of at least 4 members (excludes halogenated alkanes) is 1. The quantitative estimate of drug-likeness (QED) is 0.412. The molecule has 13 heteroatoms. The SMILES string of the molecule is CCCCn1nnnc1CN1CCN(S(=O)(=O)c2ccc(OC)c([N+](=O)[O-])c2)CC1. The minimum atomic E-state index is -3.85. The molecule has 0 bridgehead atoms. The van der Waals surface area contributed by atoms with Crippen molar-refractivity contribution in [2.24, 2.45) is 0 Å². The molecule has 12 nitrogen and oxygen atoms in total. The number of benzene rings is 1. The van der Waals surface area contributed by atoms with Gasteiger partial charge in [-0.15, -0.1) is 5.10 Å². The summed E-state index contributed by atoms with van der Waals surface area (Å²) in [7, 11) is -2.55. The highest BCUT2D eigenvalue weighted by Gasteiger charge is 2.31. The zero-order chi connectivity index (χ0) is 21.7. The van der Waals surface area contributed by atoms with Gasteiger partial charge in [0.2, 0.25) is 10.0 Å². The molecule has 30 heavy (non-hydrogen) atoms. The van der Waals surface area contributed by atoms with Gasteiger partial charge in [0.15, 0.2) is 11.6 Å². The number of nitro groups is 1. The number of aromatic nitrogens is 4. The molecule has 0 atom stereocenters. The predicted molar refractivity (Wildman–Crippen MR) is 106 cm³/mol. The van der Waals surface area contributed by atoms with Crippen LogP contribution in [0.25, 0.3) is 0 Å². The first kappa shape index (κ1) is 22.1. The molecule has 0 amide bonds. The monoisotopic (exact) mass is 439 g/mol. The van der Waals surface area contributed by atoms with Crippen LogP contribution < -0.4 is 4.74 Å². The average molecular weight is 439 g/mol. The molecule has 3 rings (SSSR count). The molecule has 0 radical (unpaired) electrons. The molecular weight excluding hydrogens is 414 g/mol. The molecular formula is C17H25N7O5S. The van der Waals surface area contributed by atoms with Gasteiger partial charge in [-0.2, -0.15) is 4.31 Å². The van der Waals surface area contributed by atoms with Crippen molar-refractivity contribution >= 4 is 15.7 Å². The number of rotatable bonds is 9. The van der Waals surface area contributed by atoms with Crippen LogP contribution >= 0.6 is 0 Å². The van der Waals surface area contributed by atoms with Crippen LogP contribution in [0.2, 0.25) is 0 Å². The van der Waals surface area contributed by atoms with Crippen molar-refractivity contribution in [3.05, 3.63) is 34.1 Å². The van der Waals surface area contributed by atoms with Gasteiger partial charge in [-0.25, -0.2) is 13.1 Å². The fraction of sp³-hybridized carbons (Fsp3) is 0.588. The van der Waals surface area contributed by atoms with E-state index < -0.39 is 14.9 Å². The van der Waals surface area contributed by atoms with Crippen LogP contribution in [0.3, 0.4) is 0 Å². The number of nitrogens with zero attached hydrogens (tertiary/aromatic N) is 7. The second kappa shape index (κ2) is 9.45. The summed E-state index contributed by atoms with van der Waals surface area (Å²) in [6, 6.07) is 3.68. The minimum absolute atomic E-state index is 0.0181. The van der Waals surface area contributed by atoms with Crippen LogP contribution in [0.15, 0.2) is 23.1 Å². The van der Waals surface area contributed by atoms with Gasteiger partial charge >= 0.3 is 5.69 Å². The van der Waals surface area contributed by atoms with E-state index in [9.17, 15) is 18.5 Å². The highest BCUT2D eigenvalue weighted by Crippen LogP contribution is 2.30. The summed E-state index contributed by atoms with van der Waals surface area (Å²) >= 11 is 0. The van der Waals surface area contributed by atoms with E-state index in [1.165, 1.54) is 23.5 Å². The molecule has 2 heterocycles. The van der Waals surface area contributed by atoms with Gasteiger partial charge in [-0.1, -0.05) is 13.3 Å². The molecule has 1 aromatic carbocycles. The first-order valence-electron chi connectivity index (χ1n) is 9.66. The van der Waals surface area contributed by atoms with Gasteiger partial charge in [0, 0.05) is 38.8 Å². The van der Waals surface area contributed by atoms with Crippen LogP contribution in [0, 0.1) is 10.1 Å². The van der Waals surface area contributed by atoms with Gasteiger partial charge < -0.3 is 4.74 Å². The van der Waals surface area contributed by atoms with E-state index in [1.807, 2.05) is 0 Å². The zero-order valence-electron chi connectivity index (χ0n) is 17.0. The standard InChI is InChI=1S/C17H25N7O5S/c1-3-4-7-23-17(18-19-20-23)13-21-8-10-22(11-9-21)30(27,28)14-5-6-16(29-2)15(12-14)24(25)26/h5-6,12H,3-4,7-11,13H2,1-2H3. The molecule has 0 spiro atoms. The lowest BCUT2D eigenvalue weighted by Crippen LogP contribution is -2.48. The van der Waals surface area contributed by atoms with E-state index in [0.29, 0.717) is 19.6 Å². The van der Waals surface area contributed by atoms with E-state index in [4.69, 9.17) is 4.74 Å². The lowest BCUT2D eigenvalue weighted by molar-refractivity contribution is -0.386. The van der Waals surface area contributed by atoms with Crippen molar-refractivity contribution in [2.75, 3.05) is 33.3 Å². The fourth-order valence-electron chi connectivity index (χ4n) is 3.27. The molecule has 0 saturated carbocycles. The summed E-state index contributed by atoms with van der Waals surface area (Å²) in [4.78, 5) is 12.5. The Hall–Kier alpha value is -2.64. The van der Waals surface area contributed by atoms with Crippen LogP contribution in [0.1, 0.15) is 25.6 Å². The Morgan fingerprint density at radius 2 is 1.97 bits per heavy atom. The number of tetrazole rings is 1. The maximum absolute atomic E-state index is 13.0. The molecule has 0 N–H and O–H groups in total. The van der Waals surface area contributed by atoms with Crippen molar-refractivity contribution in [1.29, 1.82) is 0 Å². The maximum atomic E-state index is 13.0. The number of aryl methyl sites for hydroxylation is 1. The van der Waals surface area contributed by atoms with Crippen molar-refractivity contribution in [3.8, 4) is 5.75 Å². The molecule has 1 aromatic heterocycles. The molecule has 2 aromatic rings. The van der Waals surface area contributed by atoms with Crippen molar-refractivity contribution < 1.29 is 18.1 Å². The summed E-state index contributed by atoms with van der Waals surface area (Å²) < 4.78 is 34.0.